The van der Waals surface area contributed by atoms with E-state index in [1.165, 1.54) is 10.7 Å². The molecule has 1 saturated heterocycles. The van der Waals surface area contributed by atoms with Crippen molar-refractivity contribution in [3.63, 3.8) is 0 Å². The topological polar surface area (TPSA) is 41.4 Å². The summed E-state index contributed by atoms with van der Waals surface area (Å²) in [6.45, 7) is 3.09. The predicted molar refractivity (Wildman–Crippen MR) is 134 cm³/mol. The van der Waals surface area contributed by atoms with Crippen LogP contribution in [0.5, 0.6) is 0 Å². The van der Waals surface area contributed by atoms with E-state index in [1.807, 2.05) is 24.3 Å². The third-order valence-corrected chi connectivity index (χ3v) is 7.13. The molecule has 0 atom stereocenters. The molecule has 5 nitrogen and oxygen atoms in total. The zero-order valence-corrected chi connectivity index (χ0v) is 20.7. The third-order valence-electron chi connectivity index (χ3n) is 5.79. The standard InChI is InChI=1S/C24H20ClF3N4OS.ClH/c25-17-6-4-5-16(13-17)15-30-9-11-31(12-10-30)22(33)20-14-19-21(24(26,27)28)29-32(23(19)34-20)18-7-2-1-3-8-18;/h1-8,13-14H,9-12,15H2;1H. The highest BCUT2D eigenvalue weighted by atomic mass is 35.5. The zero-order valence-electron chi connectivity index (χ0n) is 18.3. The summed E-state index contributed by atoms with van der Waals surface area (Å²) >= 11 is 7.11. The Labute approximate surface area is 215 Å². The number of hydrogen-bond acceptors (Lipinski definition) is 4. The van der Waals surface area contributed by atoms with Crippen LogP contribution in [0.4, 0.5) is 13.2 Å². The summed E-state index contributed by atoms with van der Waals surface area (Å²) in [5.74, 6) is -0.253. The molecule has 0 bridgehead atoms. The first-order valence-electron chi connectivity index (χ1n) is 10.7. The molecule has 11 heteroatoms. The second-order valence-electron chi connectivity index (χ2n) is 8.12. The van der Waals surface area contributed by atoms with Crippen molar-refractivity contribution in [2.45, 2.75) is 12.7 Å². The number of benzene rings is 2. The molecule has 0 spiro atoms. The number of alkyl halides is 3. The molecule has 2 aromatic heterocycles. The molecule has 1 amide bonds. The van der Waals surface area contributed by atoms with Crippen molar-refractivity contribution in [1.82, 2.24) is 19.6 Å². The summed E-state index contributed by atoms with van der Waals surface area (Å²) in [5.41, 5.74) is 0.633. The van der Waals surface area contributed by atoms with E-state index in [2.05, 4.69) is 10.00 Å². The molecule has 0 N–H and O–H groups in total. The van der Waals surface area contributed by atoms with E-state index in [1.54, 1.807) is 35.2 Å². The van der Waals surface area contributed by atoms with Crippen LogP contribution in [0.25, 0.3) is 15.9 Å². The van der Waals surface area contributed by atoms with Gasteiger partial charge in [0.2, 0.25) is 0 Å². The maximum atomic E-state index is 13.7. The molecular weight excluding hydrogens is 520 g/mol. The van der Waals surface area contributed by atoms with E-state index >= 15 is 0 Å². The minimum Gasteiger partial charge on any atom is -0.335 e. The van der Waals surface area contributed by atoms with Gasteiger partial charge in [-0.2, -0.15) is 18.3 Å². The van der Waals surface area contributed by atoms with E-state index < -0.39 is 11.9 Å². The number of para-hydroxylation sites is 1. The summed E-state index contributed by atoms with van der Waals surface area (Å²) in [4.78, 5) is 17.7. The van der Waals surface area contributed by atoms with Crippen LogP contribution in [0.15, 0.2) is 60.7 Å². The summed E-state index contributed by atoms with van der Waals surface area (Å²) in [6.07, 6.45) is -4.62. The fourth-order valence-corrected chi connectivity index (χ4v) is 5.44. The molecular formula is C24H21Cl2F3N4OS. The molecule has 2 aromatic carbocycles. The minimum atomic E-state index is -4.62. The number of thiophene rings is 1. The largest absolute Gasteiger partial charge is 0.435 e. The van der Waals surface area contributed by atoms with Gasteiger partial charge < -0.3 is 4.90 Å². The lowest BCUT2D eigenvalue weighted by atomic mass is 10.2. The van der Waals surface area contributed by atoms with Gasteiger partial charge in [0.05, 0.1) is 10.6 Å². The lowest BCUT2D eigenvalue weighted by Gasteiger charge is -2.34. The SMILES string of the molecule is Cl.O=C(c1cc2c(C(F)(F)F)nn(-c3ccccc3)c2s1)N1CCN(Cc2cccc(Cl)c2)CC1. The zero-order chi connectivity index (χ0) is 23.9. The van der Waals surface area contributed by atoms with E-state index in [0.717, 1.165) is 23.4 Å². The lowest BCUT2D eigenvalue weighted by molar-refractivity contribution is -0.140. The quantitative estimate of drug-likeness (QED) is 0.312. The molecule has 4 aromatic rings. The first-order chi connectivity index (χ1) is 16.3. The van der Waals surface area contributed by atoms with Crippen molar-refractivity contribution in [1.29, 1.82) is 0 Å². The first-order valence-corrected chi connectivity index (χ1v) is 11.9. The summed E-state index contributed by atoms with van der Waals surface area (Å²) in [6, 6.07) is 17.6. The molecule has 0 unspecified atom stereocenters. The molecule has 1 fully saturated rings. The molecule has 0 saturated carbocycles. The molecule has 35 heavy (non-hydrogen) atoms. The number of amides is 1. The van der Waals surface area contributed by atoms with Gasteiger partial charge in [-0.25, -0.2) is 4.68 Å². The Bertz CT molecular complexity index is 1330. The smallest absolute Gasteiger partial charge is 0.335 e. The number of rotatable bonds is 4. The number of hydrogen-bond donors (Lipinski definition) is 0. The summed E-state index contributed by atoms with van der Waals surface area (Å²) < 4.78 is 42.3. The highest BCUT2D eigenvalue weighted by molar-refractivity contribution is 7.20. The van der Waals surface area contributed by atoms with Gasteiger partial charge in [-0.15, -0.1) is 23.7 Å². The normalized spacial score (nSPS) is 14.8. The molecule has 1 aliphatic rings. The van der Waals surface area contributed by atoms with Crippen LogP contribution in [0.2, 0.25) is 5.02 Å². The van der Waals surface area contributed by atoms with Crippen molar-refractivity contribution < 1.29 is 18.0 Å². The molecule has 0 aliphatic carbocycles. The van der Waals surface area contributed by atoms with Crippen LogP contribution < -0.4 is 0 Å². The Morgan fingerprint density at radius 2 is 1.71 bits per heavy atom. The third kappa shape index (κ3) is 5.33. The lowest BCUT2D eigenvalue weighted by Crippen LogP contribution is -2.48. The van der Waals surface area contributed by atoms with E-state index in [9.17, 15) is 18.0 Å². The number of nitrogens with zero attached hydrogens (tertiary/aromatic N) is 4. The highest BCUT2D eigenvalue weighted by Crippen LogP contribution is 2.39. The van der Waals surface area contributed by atoms with Crippen molar-refractivity contribution in [2.75, 3.05) is 26.2 Å². The number of aromatic nitrogens is 2. The summed E-state index contributed by atoms with van der Waals surface area (Å²) in [5, 5.41) is 4.45. The van der Waals surface area contributed by atoms with Crippen molar-refractivity contribution in [3.8, 4) is 5.69 Å². The van der Waals surface area contributed by atoms with Gasteiger partial charge in [0, 0.05) is 43.1 Å². The van der Waals surface area contributed by atoms with Crippen LogP contribution in [0, 0.1) is 0 Å². The number of halogens is 5. The average molecular weight is 541 g/mol. The van der Waals surface area contributed by atoms with Crippen LogP contribution in [0.1, 0.15) is 20.9 Å². The number of carbonyl (C=O) groups excluding carboxylic acids is 1. The van der Waals surface area contributed by atoms with Crippen molar-refractivity contribution in [2.24, 2.45) is 0 Å². The molecule has 1 aliphatic heterocycles. The number of fused-ring (bicyclic) bond motifs is 1. The summed E-state index contributed by atoms with van der Waals surface area (Å²) in [7, 11) is 0. The molecule has 0 radical (unpaired) electrons. The van der Waals surface area contributed by atoms with Crippen LogP contribution >= 0.6 is 35.3 Å². The van der Waals surface area contributed by atoms with E-state index in [4.69, 9.17) is 11.6 Å². The Kier molecular flexibility index (Phi) is 7.42. The Morgan fingerprint density at radius 1 is 1.00 bits per heavy atom. The van der Waals surface area contributed by atoms with Gasteiger partial charge in [-0.05, 0) is 35.9 Å². The van der Waals surface area contributed by atoms with E-state index in [0.29, 0.717) is 41.7 Å². The highest BCUT2D eigenvalue weighted by Gasteiger charge is 2.38. The van der Waals surface area contributed by atoms with Crippen LogP contribution in [-0.2, 0) is 12.7 Å². The monoisotopic (exact) mass is 540 g/mol. The maximum Gasteiger partial charge on any atom is 0.435 e. The van der Waals surface area contributed by atoms with Crippen LogP contribution in [-0.4, -0.2) is 51.7 Å². The molecule has 184 valence electrons. The van der Waals surface area contributed by atoms with Crippen LogP contribution in [0.3, 0.4) is 0 Å². The molecule has 5 rings (SSSR count). The van der Waals surface area contributed by atoms with Crippen molar-refractivity contribution in [3.05, 3.63) is 81.8 Å². The molecule has 3 heterocycles. The Hall–Kier alpha value is -2.59. The number of piperazine rings is 1. The van der Waals surface area contributed by atoms with Gasteiger partial charge in [-0.3, -0.25) is 9.69 Å². The fourth-order valence-electron chi connectivity index (χ4n) is 4.13. The van der Waals surface area contributed by atoms with Gasteiger partial charge >= 0.3 is 6.18 Å². The van der Waals surface area contributed by atoms with Gasteiger partial charge in [0.15, 0.2) is 5.69 Å². The van der Waals surface area contributed by atoms with Gasteiger partial charge in [0.25, 0.3) is 5.91 Å². The second kappa shape index (κ2) is 10.2. The van der Waals surface area contributed by atoms with Gasteiger partial charge in [0.1, 0.15) is 4.83 Å². The van der Waals surface area contributed by atoms with E-state index in [-0.39, 0.29) is 28.6 Å². The fraction of sp³-hybridized carbons (Fsp3) is 0.250. The first kappa shape index (κ1) is 25.5. The second-order valence-corrected chi connectivity index (χ2v) is 9.59. The Morgan fingerprint density at radius 3 is 2.37 bits per heavy atom. The van der Waals surface area contributed by atoms with Gasteiger partial charge in [-0.1, -0.05) is 41.9 Å². The average Bonchev–Trinajstić information content (AvgIpc) is 3.39. The van der Waals surface area contributed by atoms with Crippen molar-refractivity contribution >= 4 is 51.5 Å². The predicted octanol–water partition coefficient (Wildman–Crippen LogP) is 6.14. The minimum absolute atomic E-state index is 0. The number of carbonyl (C=O) groups is 1. The Balaban J connectivity index is 0.00000289. The maximum absolute atomic E-state index is 13.7.